The average molecular weight is 271 g/mol. The van der Waals surface area contributed by atoms with E-state index in [0.29, 0.717) is 19.8 Å². The van der Waals surface area contributed by atoms with E-state index in [2.05, 4.69) is 14.9 Å². The lowest BCUT2D eigenvalue weighted by Gasteiger charge is -2.38. The third-order valence-electron chi connectivity index (χ3n) is 3.99. The van der Waals surface area contributed by atoms with Crippen molar-refractivity contribution in [3.8, 4) is 0 Å². The van der Waals surface area contributed by atoms with E-state index >= 15 is 0 Å². The Bertz CT molecular complexity index is 625. The highest BCUT2D eigenvalue weighted by Crippen LogP contribution is 2.31. The smallest absolute Gasteiger partial charge is 0.226 e. The molecule has 1 spiro atoms. The highest BCUT2D eigenvalue weighted by Gasteiger charge is 2.41. The van der Waals surface area contributed by atoms with Crippen molar-refractivity contribution in [2.45, 2.75) is 18.6 Å². The number of rotatable bonds is 1. The molecule has 0 unspecified atom stereocenters. The zero-order valence-electron chi connectivity index (χ0n) is 11.3. The number of fused-ring (bicyclic) bond motifs is 1. The number of anilines is 1. The predicted octanol–water partition coefficient (Wildman–Crippen LogP) is 1.97. The molecule has 2 aromatic rings. The van der Waals surface area contributed by atoms with Gasteiger partial charge in [-0.3, -0.25) is 0 Å². The summed E-state index contributed by atoms with van der Waals surface area (Å²) >= 11 is 0. The molecule has 0 saturated carbocycles. The fourth-order valence-electron chi connectivity index (χ4n) is 3.01. The van der Waals surface area contributed by atoms with Gasteiger partial charge in [-0.25, -0.2) is 9.97 Å². The fraction of sp³-hybridized carbons (Fsp3) is 0.467. The van der Waals surface area contributed by atoms with Gasteiger partial charge in [0.05, 0.1) is 25.3 Å². The Morgan fingerprint density at radius 2 is 2.00 bits per heavy atom. The molecule has 3 heterocycles. The molecule has 0 atom stereocenters. The Kier molecular flexibility index (Phi) is 2.82. The summed E-state index contributed by atoms with van der Waals surface area (Å²) in [5.41, 5.74) is 0.977. The van der Waals surface area contributed by atoms with Crippen LogP contribution in [0, 0.1) is 0 Å². The molecule has 5 nitrogen and oxygen atoms in total. The summed E-state index contributed by atoms with van der Waals surface area (Å²) in [7, 11) is 0. The van der Waals surface area contributed by atoms with Gasteiger partial charge in [-0.1, -0.05) is 18.2 Å². The van der Waals surface area contributed by atoms with Crippen molar-refractivity contribution in [2.24, 2.45) is 0 Å². The molecular formula is C15H17N3O2. The first kappa shape index (κ1) is 12.1. The molecule has 2 aliphatic rings. The van der Waals surface area contributed by atoms with Gasteiger partial charge in [0, 0.05) is 24.5 Å². The SMILES string of the molecule is c1ccc2nc(N3CCCC4(C3)OCCO4)ncc2c1. The molecule has 104 valence electrons. The van der Waals surface area contributed by atoms with E-state index in [-0.39, 0.29) is 0 Å². The van der Waals surface area contributed by atoms with Crippen LogP contribution in [0.5, 0.6) is 0 Å². The second-order valence-corrected chi connectivity index (χ2v) is 5.36. The first-order valence-electron chi connectivity index (χ1n) is 7.09. The van der Waals surface area contributed by atoms with E-state index in [4.69, 9.17) is 9.47 Å². The lowest BCUT2D eigenvalue weighted by molar-refractivity contribution is -0.161. The molecule has 2 fully saturated rings. The predicted molar refractivity (Wildman–Crippen MR) is 75.6 cm³/mol. The quantitative estimate of drug-likeness (QED) is 0.793. The summed E-state index contributed by atoms with van der Waals surface area (Å²) in [6.45, 7) is 3.04. The Morgan fingerprint density at radius 3 is 2.90 bits per heavy atom. The Hall–Kier alpha value is -1.72. The Balaban J connectivity index is 1.64. The van der Waals surface area contributed by atoms with Crippen molar-refractivity contribution in [1.29, 1.82) is 0 Å². The van der Waals surface area contributed by atoms with Crippen LogP contribution in [0.4, 0.5) is 5.95 Å². The first-order valence-corrected chi connectivity index (χ1v) is 7.09. The van der Waals surface area contributed by atoms with Crippen molar-refractivity contribution >= 4 is 16.9 Å². The minimum absolute atomic E-state index is 0.437. The van der Waals surface area contributed by atoms with Crippen LogP contribution in [0.1, 0.15) is 12.8 Å². The zero-order chi connectivity index (χ0) is 13.4. The van der Waals surface area contributed by atoms with Gasteiger partial charge in [0.1, 0.15) is 0 Å². The molecule has 1 aromatic heterocycles. The van der Waals surface area contributed by atoms with Crippen LogP contribution < -0.4 is 4.90 Å². The number of piperidine rings is 1. The number of aromatic nitrogens is 2. The van der Waals surface area contributed by atoms with Crippen molar-refractivity contribution in [3.63, 3.8) is 0 Å². The molecule has 1 aromatic carbocycles. The van der Waals surface area contributed by atoms with Gasteiger partial charge < -0.3 is 14.4 Å². The number of nitrogens with zero attached hydrogens (tertiary/aromatic N) is 3. The molecular weight excluding hydrogens is 254 g/mol. The summed E-state index contributed by atoms with van der Waals surface area (Å²) in [5.74, 6) is 0.328. The molecule has 20 heavy (non-hydrogen) atoms. The highest BCUT2D eigenvalue weighted by atomic mass is 16.7. The summed E-state index contributed by atoms with van der Waals surface area (Å²) in [5, 5.41) is 1.07. The lowest BCUT2D eigenvalue weighted by Crippen LogP contribution is -2.49. The zero-order valence-corrected chi connectivity index (χ0v) is 11.3. The number of hydrogen-bond acceptors (Lipinski definition) is 5. The maximum Gasteiger partial charge on any atom is 0.226 e. The third kappa shape index (κ3) is 2.03. The van der Waals surface area contributed by atoms with Gasteiger partial charge in [-0.05, 0) is 12.5 Å². The molecule has 5 heteroatoms. The average Bonchev–Trinajstić information content (AvgIpc) is 2.94. The summed E-state index contributed by atoms with van der Waals surface area (Å²) < 4.78 is 11.6. The third-order valence-corrected chi connectivity index (χ3v) is 3.99. The Morgan fingerprint density at radius 1 is 1.15 bits per heavy atom. The summed E-state index contributed by atoms with van der Waals surface area (Å²) in [6.07, 6.45) is 3.88. The maximum absolute atomic E-state index is 5.80. The lowest BCUT2D eigenvalue weighted by atomic mass is 10.1. The van der Waals surface area contributed by atoms with E-state index in [1.54, 1.807) is 0 Å². The standard InChI is InChI=1S/C15H17N3O2/c1-2-5-13-12(4-1)10-16-14(17-13)18-7-3-6-15(11-18)19-8-9-20-15/h1-2,4-5,10H,3,6-9,11H2. The van der Waals surface area contributed by atoms with Gasteiger partial charge in [0.15, 0.2) is 5.79 Å². The van der Waals surface area contributed by atoms with Gasteiger partial charge in [0.25, 0.3) is 0 Å². The van der Waals surface area contributed by atoms with Gasteiger partial charge in [-0.15, -0.1) is 0 Å². The normalized spacial score (nSPS) is 21.7. The van der Waals surface area contributed by atoms with E-state index < -0.39 is 5.79 Å². The Labute approximate surface area is 117 Å². The number of benzene rings is 1. The number of hydrogen-bond donors (Lipinski definition) is 0. The number of para-hydroxylation sites is 1. The van der Waals surface area contributed by atoms with Gasteiger partial charge in [0.2, 0.25) is 5.95 Å². The summed E-state index contributed by atoms with van der Waals surface area (Å²) in [4.78, 5) is 11.3. The molecule has 0 aliphatic carbocycles. The molecule has 2 saturated heterocycles. The van der Waals surface area contributed by atoms with Crippen LogP contribution in [0.2, 0.25) is 0 Å². The number of ether oxygens (including phenoxy) is 2. The van der Waals surface area contributed by atoms with E-state index in [1.807, 2.05) is 30.5 Å². The summed E-state index contributed by atoms with van der Waals surface area (Å²) in [6, 6.07) is 8.05. The van der Waals surface area contributed by atoms with Crippen LogP contribution in [0.25, 0.3) is 10.9 Å². The highest BCUT2D eigenvalue weighted by molar-refractivity contribution is 5.78. The largest absolute Gasteiger partial charge is 0.346 e. The molecule has 0 bridgehead atoms. The van der Waals surface area contributed by atoms with E-state index in [0.717, 1.165) is 36.2 Å². The van der Waals surface area contributed by atoms with Crippen molar-refractivity contribution in [2.75, 3.05) is 31.2 Å². The fourth-order valence-corrected chi connectivity index (χ4v) is 3.01. The van der Waals surface area contributed by atoms with Crippen LogP contribution in [-0.4, -0.2) is 42.1 Å². The second-order valence-electron chi connectivity index (χ2n) is 5.36. The minimum Gasteiger partial charge on any atom is -0.346 e. The minimum atomic E-state index is -0.437. The topological polar surface area (TPSA) is 47.5 Å². The first-order chi connectivity index (χ1) is 9.85. The van der Waals surface area contributed by atoms with Crippen molar-refractivity contribution in [1.82, 2.24) is 9.97 Å². The van der Waals surface area contributed by atoms with Gasteiger partial charge >= 0.3 is 0 Å². The van der Waals surface area contributed by atoms with E-state index in [9.17, 15) is 0 Å². The van der Waals surface area contributed by atoms with Gasteiger partial charge in [-0.2, -0.15) is 0 Å². The van der Waals surface area contributed by atoms with Crippen LogP contribution in [0.3, 0.4) is 0 Å². The molecule has 4 rings (SSSR count). The van der Waals surface area contributed by atoms with Crippen LogP contribution in [-0.2, 0) is 9.47 Å². The van der Waals surface area contributed by atoms with Crippen LogP contribution in [0.15, 0.2) is 30.5 Å². The molecule has 0 N–H and O–H groups in total. The molecule has 2 aliphatic heterocycles. The van der Waals surface area contributed by atoms with E-state index in [1.165, 1.54) is 0 Å². The molecule has 0 amide bonds. The van der Waals surface area contributed by atoms with Crippen molar-refractivity contribution < 1.29 is 9.47 Å². The maximum atomic E-state index is 5.80. The monoisotopic (exact) mass is 271 g/mol. The van der Waals surface area contributed by atoms with Crippen LogP contribution >= 0.6 is 0 Å². The van der Waals surface area contributed by atoms with Crippen molar-refractivity contribution in [3.05, 3.63) is 30.5 Å². The second kappa shape index (κ2) is 4.68. The molecule has 0 radical (unpaired) electrons.